The predicted molar refractivity (Wildman–Crippen MR) is 102 cm³/mol. The van der Waals surface area contributed by atoms with Gasteiger partial charge in [0.05, 0.1) is 11.4 Å². The standard InChI is InChI=1S/C19H22N6O3/c1-11-8-12(2)25(22-11)19-20-15-7-5-4-6-14(15)18(27)24(19)10-17(26)21-16-9-13(3)28-23-16/h8-9H,4-7,10H2,1-3H3,(H,21,23,26). The van der Waals surface area contributed by atoms with Crippen molar-refractivity contribution in [3.05, 3.63) is 50.9 Å². The number of amides is 1. The lowest BCUT2D eigenvalue weighted by atomic mass is 9.97. The number of aromatic nitrogens is 5. The van der Waals surface area contributed by atoms with E-state index in [9.17, 15) is 9.59 Å². The largest absolute Gasteiger partial charge is 0.360 e. The van der Waals surface area contributed by atoms with Crippen LogP contribution in [0.3, 0.4) is 0 Å². The Morgan fingerprint density at radius 1 is 1.21 bits per heavy atom. The van der Waals surface area contributed by atoms with Gasteiger partial charge in [0.2, 0.25) is 11.9 Å². The highest BCUT2D eigenvalue weighted by atomic mass is 16.5. The number of nitrogens with zero attached hydrogens (tertiary/aromatic N) is 5. The molecule has 0 saturated carbocycles. The summed E-state index contributed by atoms with van der Waals surface area (Å²) in [5.74, 6) is 0.888. The minimum absolute atomic E-state index is 0.182. The molecule has 146 valence electrons. The summed E-state index contributed by atoms with van der Waals surface area (Å²) in [6.45, 7) is 5.33. The van der Waals surface area contributed by atoms with Crippen LogP contribution < -0.4 is 10.9 Å². The number of hydrogen-bond donors (Lipinski definition) is 1. The van der Waals surface area contributed by atoms with E-state index in [1.807, 2.05) is 19.9 Å². The number of carbonyl (C=O) groups is 1. The first-order chi connectivity index (χ1) is 13.4. The maximum atomic E-state index is 13.2. The molecule has 0 aromatic carbocycles. The first kappa shape index (κ1) is 18.1. The molecule has 0 unspecified atom stereocenters. The van der Waals surface area contributed by atoms with E-state index >= 15 is 0 Å². The monoisotopic (exact) mass is 382 g/mol. The zero-order chi connectivity index (χ0) is 19.8. The Morgan fingerprint density at radius 3 is 2.68 bits per heavy atom. The Kier molecular flexibility index (Phi) is 4.58. The SMILES string of the molecule is Cc1cc(C)n(-c2nc3c(c(=O)n2CC(=O)Nc2cc(C)on2)CCCC3)n1. The van der Waals surface area contributed by atoms with Crippen molar-refractivity contribution in [3.8, 4) is 5.95 Å². The van der Waals surface area contributed by atoms with E-state index in [1.165, 1.54) is 4.57 Å². The molecule has 0 saturated heterocycles. The second kappa shape index (κ2) is 7.06. The third-order valence-corrected chi connectivity index (χ3v) is 4.81. The molecule has 0 aliphatic heterocycles. The van der Waals surface area contributed by atoms with Crippen LogP contribution in [0.25, 0.3) is 5.95 Å². The fourth-order valence-electron chi connectivity index (χ4n) is 3.56. The average Bonchev–Trinajstić information content (AvgIpc) is 3.21. The molecule has 1 N–H and O–H groups in total. The summed E-state index contributed by atoms with van der Waals surface area (Å²) in [5, 5.41) is 10.9. The van der Waals surface area contributed by atoms with E-state index in [1.54, 1.807) is 17.7 Å². The number of carbonyl (C=O) groups excluding carboxylic acids is 1. The van der Waals surface area contributed by atoms with E-state index in [2.05, 4.69) is 15.6 Å². The molecule has 1 amide bonds. The van der Waals surface area contributed by atoms with Crippen LogP contribution in [0.15, 0.2) is 21.5 Å². The number of hydrogen-bond acceptors (Lipinski definition) is 6. The van der Waals surface area contributed by atoms with Gasteiger partial charge in [0.1, 0.15) is 12.3 Å². The van der Waals surface area contributed by atoms with Crippen molar-refractivity contribution in [1.29, 1.82) is 0 Å². The molecular formula is C19H22N6O3. The molecule has 0 bridgehead atoms. The van der Waals surface area contributed by atoms with Gasteiger partial charge in [-0.3, -0.25) is 14.2 Å². The van der Waals surface area contributed by atoms with Crippen LogP contribution in [0.4, 0.5) is 5.82 Å². The molecule has 1 aliphatic rings. The van der Waals surface area contributed by atoms with E-state index in [0.29, 0.717) is 29.5 Å². The third-order valence-electron chi connectivity index (χ3n) is 4.81. The molecule has 9 heteroatoms. The molecule has 3 heterocycles. The summed E-state index contributed by atoms with van der Waals surface area (Å²) >= 11 is 0. The highest BCUT2D eigenvalue weighted by Gasteiger charge is 2.23. The molecular weight excluding hydrogens is 360 g/mol. The highest BCUT2D eigenvalue weighted by molar-refractivity contribution is 5.89. The van der Waals surface area contributed by atoms with Gasteiger partial charge in [-0.2, -0.15) is 5.10 Å². The average molecular weight is 382 g/mol. The van der Waals surface area contributed by atoms with Crippen LogP contribution in [0.2, 0.25) is 0 Å². The molecule has 1 aliphatic carbocycles. The van der Waals surface area contributed by atoms with Crippen molar-refractivity contribution >= 4 is 11.7 Å². The minimum atomic E-state index is -0.379. The Labute approximate surface area is 161 Å². The minimum Gasteiger partial charge on any atom is -0.360 e. The summed E-state index contributed by atoms with van der Waals surface area (Å²) in [6, 6.07) is 3.53. The molecule has 3 aromatic rings. The van der Waals surface area contributed by atoms with E-state index < -0.39 is 0 Å². The summed E-state index contributed by atoms with van der Waals surface area (Å²) in [4.78, 5) is 30.5. The number of nitrogens with one attached hydrogen (secondary N) is 1. The van der Waals surface area contributed by atoms with Crippen LogP contribution in [0, 0.1) is 20.8 Å². The van der Waals surface area contributed by atoms with Crippen molar-refractivity contribution in [2.24, 2.45) is 0 Å². The number of anilines is 1. The van der Waals surface area contributed by atoms with Crippen molar-refractivity contribution < 1.29 is 9.32 Å². The second-order valence-corrected chi connectivity index (χ2v) is 7.15. The lowest BCUT2D eigenvalue weighted by Crippen LogP contribution is -2.36. The maximum Gasteiger partial charge on any atom is 0.258 e. The first-order valence-corrected chi connectivity index (χ1v) is 9.32. The van der Waals surface area contributed by atoms with Gasteiger partial charge in [0, 0.05) is 17.3 Å². The molecule has 3 aromatic heterocycles. The topological polar surface area (TPSA) is 108 Å². The van der Waals surface area contributed by atoms with Gasteiger partial charge in [-0.05, 0) is 52.5 Å². The van der Waals surface area contributed by atoms with E-state index in [4.69, 9.17) is 9.51 Å². The van der Waals surface area contributed by atoms with Crippen LogP contribution in [-0.2, 0) is 24.2 Å². The predicted octanol–water partition coefficient (Wildman–Crippen LogP) is 1.86. The van der Waals surface area contributed by atoms with Gasteiger partial charge in [0.15, 0.2) is 5.82 Å². The van der Waals surface area contributed by atoms with Gasteiger partial charge >= 0.3 is 0 Å². The van der Waals surface area contributed by atoms with Crippen LogP contribution in [-0.4, -0.2) is 30.4 Å². The second-order valence-electron chi connectivity index (χ2n) is 7.15. The molecule has 9 nitrogen and oxygen atoms in total. The summed E-state index contributed by atoms with van der Waals surface area (Å²) < 4.78 is 7.98. The van der Waals surface area contributed by atoms with Gasteiger partial charge in [-0.25, -0.2) is 9.67 Å². The third kappa shape index (κ3) is 3.35. The fourth-order valence-corrected chi connectivity index (χ4v) is 3.56. The molecule has 0 spiro atoms. The van der Waals surface area contributed by atoms with Gasteiger partial charge in [-0.15, -0.1) is 0 Å². The molecule has 28 heavy (non-hydrogen) atoms. The Hall–Kier alpha value is -3.23. The number of aryl methyl sites for hydroxylation is 4. The summed E-state index contributed by atoms with van der Waals surface area (Å²) in [7, 11) is 0. The zero-order valence-corrected chi connectivity index (χ0v) is 16.2. The normalized spacial score (nSPS) is 13.4. The summed E-state index contributed by atoms with van der Waals surface area (Å²) in [5.41, 5.74) is 2.99. The van der Waals surface area contributed by atoms with Crippen LogP contribution >= 0.6 is 0 Å². The Bertz CT molecular complexity index is 1110. The van der Waals surface area contributed by atoms with Gasteiger partial charge in [-0.1, -0.05) is 5.16 Å². The Balaban J connectivity index is 1.76. The molecule has 0 atom stereocenters. The van der Waals surface area contributed by atoms with E-state index in [0.717, 1.165) is 36.3 Å². The highest BCUT2D eigenvalue weighted by Crippen LogP contribution is 2.19. The van der Waals surface area contributed by atoms with Crippen molar-refractivity contribution in [2.45, 2.75) is 53.0 Å². The summed E-state index contributed by atoms with van der Waals surface area (Å²) in [6.07, 6.45) is 3.41. The van der Waals surface area contributed by atoms with Gasteiger partial charge in [0.25, 0.3) is 5.56 Å². The lowest BCUT2D eigenvalue weighted by Gasteiger charge is -2.19. The first-order valence-electron chi connectivity index (χ1n) is 9.32. The van der Waals surface area contributed by atoms with Crippen LogP contribution in [0.1, 0.15) is 41.2 Å². The van der Waals surface area contributed by atoms with E-state index in [-0.39, 0.29) is 18.0 Å². The van der Waals surface area contributed by atoms with Crippen molar-refractivity contribution in [3.63, 3.8) is 0 Å². The van der Waals surface area contributed by atoms with Crippen molar-refractivity contribution in [2.75, 3.05) is 5.32 Å². The molecule has 0 radical (unpaired) electrons. The molecule has 0 fully saturated rings. The molecule has 4 rings (SSSR count). The van der Waals surface area contributed by atoms with Gasteiger partial charge < -0.3 is 9.84 Å². The van der Waals surface area contributed by atoms with Crippen LogP contribution in [0.5, 0.6) is 0 Å². The lowest BCUT2D eigenvalue weighted by molar-refractivity contribution is -0.116. The smallest absolute Gasteiger partial charge is 0.258 e. The van der Waals surface area contributed by atoms with Crippen molar-refractivity contribution in [1.82, 2.24) is 24.5 Å². The number of fused-ring (bicyclic) bond motifs is 1. The zero-order valence-electron chi connectivity index (χ0n) is 16.2. The number of rotatable bonds is 4. The Morgan fingerprint density at radius 2 is 2.00 bits per heavy atom. The fraction of sp³-hybridized carbons (Fsp3) is 0.421. The maximum absolute atomic E-state index is 13.2. The quantitative estimate of drug-likeness (QED) is 0.738.